The van der Waals surface area contributed by atoms with Gasteiger partial charge in [-0.1, -0.05) is 42.8 Å². The number of hydrogen-bond donors (Lipinski definition) is 1. The molecule has 1 N–H and O–H groups in total. The third-order valence-electron chi connectivity index (χ3n) is 2.92. The number of hydrogen-bond acceptors (Lipinski definition) is 3. The van der Waals surface area contributed by atoms with Gasteiger partial charge in [0.15, 0.2) is 0 Å². The summed E-state index contributed by atoms with van der Waals surface area (Å²) in [6.45, 7) is 6.56. The first-order valence-corrected chi connectivity index (χ1v) is 8.03. The number of thiophene rings is 1. The molecule has 0 radical (unpaired) electrons. The molecule has 0 bridgehead atoms. The monoisotopic (exact) mass is 348 g/mol. The topological polar surface area (TPSA) is 35.8 Å². The average molecular weight is 349 g/mol. The van der Waals surface area contributed by atoms with Crippen LogP contribution < -0.4 is 5.32 Å². The second-order valence-electron chi connectivity index (χ2n) is 5.67. The van der Waals surface area contributed by atoms with Crippen LogP contribution in [0.4, 0.5) is 5.69 Å². The Hall–Kier alpha value is -1.31. The summed E-state index contributed by atoms with van der Waals surface area (Å²) in [6, 6.07) is 14.0. The van der Waals surface area contributed by atoms with Crippen molar-refractivity contribution < 1.29 is 0 Å². The molecule has 20 heavy (non-hydrogen) atoms. The Bertz CT molecular complexity index is 634. The highest BCUT2D eigenvalue weighted by molar-refractivity contribution is 9.10. The van der Waals surface area contributed by atoms with Crippen LogP contribution in [-0.4, -0.2) is 0 Å². The minimum Gasteiger partial charge on any atom is -0.366 e. The van der Waals surface area contributed by atoms with Gasteiger partial charge in [-0.3, -0.25) is 0 Å². The van der Waals surface area contributed by atoms with Gasteiger partial charge in [0, 0.05) is 19.9 Å². The molecule has 0 aliphatic rings. The SMILES string of the molecule is CC(C)(C)c1ccc(C(C#N)Nc2cccc(Br)c2)s1. The number of anilines is 1. The third kappa shape index (κ3) is 3.62. The highest BCUT2D eigenvalue weighted by Gasteiger charge is 2.19. The molecule has 104 valence electrons. The van der Waals surface area contributed by atoms with Crippen LogP contribution in [0.15, 0.2) is 40.9 Å². The van der Waals surface area contributed by atoms with E-state index >= 15 is 0 Å². The summed E-state index contributed by atoms with van der Waals surface area (Å²) in [4.78, 5) is 2.35. The molecule has 2 rings (SSSR count). The molecule has 1 aromatic carbocycles. The van der Waals surface area contributed by atoms with Crippen molar-refractivity contribution in [3.63, 3.8) is 0 Å². The van der Waals surface area contributed by atoms with E-state index in [9.17, 15) is 5.26 Å². The maximum atomic E-state index is 9.40. The van der Waals surface area contributed by atoms with Crippen molar-refractivity contribution in [1.82, 2.24) is 0 Å². The van der Waals surface area contributed by atoms with Crippen LogP contribution in [0, 0.1) is 11.3 Å². The number of halogens is 1. The third-order valence-corrected chi connectivity index (χ3v) is 4.98. The van der Waals surface area contributed by atoms with Gasteiger partial charge in [-0.05, 0) is 35.7 Å². The number of benzene rings is 1. The second kappa shape index (κ2) is 5.99. The van der Waals surface area contributed by atoms with Crippen molar-refractivity contribution in [2.45, 2.75) is 32.2 Å². The van der Waals surface area contributed by atoms with Gasteiger partial charge in [0.05, 0.1) is 6.07 Å². The van der Waals surface area contributed by atoms with E-state index in [1.54, 1.807) is 11.3 Å². The van der Waals surface area contributed by atoms with Gasteiger partial charge in [0.1, 0.15) is 6.04 Å². The first-order chi connectivity index (χ1) is 9.40. The number of rotatable bonds is 3. The summed E-state index contributed by atoms with van der Waals surface area (Å²) in [6.07, 6.45) is 0. The largest absolute Gasteiger partial charge is 0.366 e. The maximum absolute atomic E-state index is 9.40. The number of nitriles is 1. The fourth-order valence-electron chi connectivity index (χ4n) is 1.82. The van der Waals surface area contributed by atoms with E-state index in [0.717, 1.165) is 15.0 Å². The fourth-order valence-corrected chi connectivity index (χ4v) is 3.28. The van der Waals surface area contributed by atoms with Gasteiger partial charge < -0.3 is 5.32 Å². The number of nitrogens with one attached hydrogen (secondary N) is 1. The number of nitrogens with zero attached hydrogens (tertiary/aromatic N) is 1. The zero-order chi connectivity index (χ0) is 14.8. The quantitative estimate of drug-likeness (QED) is 0.796. The van der Waals surface area contributed by atoms with Gasteiger partial charge >= 0.3 is 0 Å². The van der Waals surface area contributed by atoms with Gasteiger partial charge in [-0.15, -0.1) is 11.3 Å². The Kier molecular flexibility index (Phi) is 4.52. The summed E-state index contributed by atoms with van der Waals surface area (Å²) in [5.41, 5.74) is 1.07. The highest BCUT2D eigenvalue weighted by atomic mass is 79.9. The summed E-state index contributed by atoms with van der Waals surface area (Å²) in [7, 11) is 0. The lowest BCUT2D eigenvalue weighted by atomic mass is 9.95. The minimum atomic E-state index is -0.314. The molecule has 0 fully saturated rings. The summed E-state index contributed by atoms with van der Waals surface area (Å²) >= 11 is 5.14. The maximum Gasteiger partial charge on any atom is 0.149 e. The van der Waals surface area contributed by atoms with Crippen molar-refractivity contribution in [2.24, 2.45) is 0 Å². The van der Waals surface area contributed by atoms with Crippen LogP contribution in [0.25, 0.3) is 0 Å². The van der Waals surface area contributed by atoms with Crippen molar-refractivity contribution in [3.05, 3.63) is 50.6 Å². The zero-order valence-corrected chi connectivity index (χ0v) is 14.2. The molecule has 2 nitrogen and oxygen atoms in total. The molecule has 0 saturated heterocycles. The predicted octanol–water partition coefficient (Wildman–Crippen LogP) is 5.48. The van der Waals surface area contributed by atoms with E-state index in [2.05, 4.69) is 54.2 Å². The molecule has 1 heterocycles. The van der Waals surface area contributed by atoms with Gasteiger partial charge in [-0.2, -0.15) is 5.26 Å². The Morgan fingerprint density at radius 3 is 2.55 bits per heavy atom. The molecule has 0 aliphatic heterocycles. The van der Waals surface area contributed by atoms with Crippen LogP contribution in [0.2, 0.25) is 0 Å². The molecular weight excluding hydrogens is 332 g/mol. The molecule has 0 amide bonds. The van der Waals surface area contributed by atoms with Crippen LogP contribution in [-0.2, 0) is 5.41 Å². The minimum absolute atomic E-state index is 0.124. The standard InChI is InChI=1S/C16H17BrN2S/c1-16(2,3)15-8-7-14(20-15)13(10-18)19-12-6-4-5-11(17)9-12/h4-9,13,19H,1-3H3. The first kappa shape index (κ1) is 15.1. The van der Waals surface area contributed by atoms with Gasteiger partial charge in [0.2, 0.25) is 0 Å². The highest BCUT2D eigenvalue weighted by Crippen LogP contribution is 2.33. The molecule has 1 atom stereocenters. The van der Waals surface area contributed by atoms with Crippen LogP contribution >= 0.6 is 27.3 Å². The lowest BCUT2D eigenvalue weighted by molar-refractivity contribution is 0.604. The van der Waals surface area contributed by atoms with Crippen LogP contribution in [0.1, 0.15) is 36.6 Å². The van der Waals surface area contributed by atoms with Crippen molar-refractivity contribution in [3.8, 4) is 6.07 Å². The molecule has 1 unspecified atom stereocenters. The fraction of sp³-hybridized carbons (Fsp3) is 0.312. The van der Waals surface area contributed by atoms with E-state index in [0.29, 0.717) is 0 Å². The molecule has 0 saturated carbocycles. The summed E-state index contributed by atoms with van der Waals surface area (Å²) < 4.78 is 1.00. The molecular formula is C16H17BrN2S. The van der Waals surface area contributed by atoms with Crippen molar-refractivity contribution in [2.75, 3.05) is 5.32 Å². The molecule has 0 aliphatic carbocycles. The van der Waals surface area contributed by atoms with Crippen LogP contribution in [0.3, 0.4) is 0 Å². The zero-order valence-electron chi connectivity index (χ0n) is 11.8. The molecule has 1 aromatic heterocycles. The summed E-state index contributed by atoms with van der Waals surface area (Å²) in [5.74, 6) is 0. The van der Waals surface area contributed by atoms with Gasteiger partial charge in [0.25, 0.3) is 0 Å². The Morgan fingerprint density at radius 2 is 2.00 bits per heavy atom. The lowest BCUT2D eigenvalue weighted by Crippen LogP contribution is -2.08. The Morgan fingerprint density at radius 1 is 1.25 bits per heavy atom. The van der Waals surface area contributed by atoms with Crippen molar-refractivity contribution >= 4 is 33.0 Å². The summed E-state index contributed by atoms with van der Waals surface area (Å²) in [5, 5.41) is 12.7. The van der Waals surface area contributed by atoms with E-state index in [1.165, 1.54) is 4.88 Å². The van der Waals surface area contributed by atoms with E-state index < -0.39 is 0 Å². The van der Waals surface area contributed by atoms with Crippen LogP contribution in [0.5, 0.6) is 0 Å². The van der Waals surface area contributed by atoms with E-state index in [1.807, 2.05) is 30.3 Å². The van der Waals surface area contributed by atoms with Gasteiger partial charge in [-0.25, -0.2) is 0 Å². The van der Waals surface area contributed by atoms with E-state index in [-0.39, 0.29) is 11.5 Å². The van der Waals surface area contributed by atoms with E-state index in [4.69, 9.17) is 0 Å². The first-order valence-electron chi connectivity index (χ1n) is 6.42. The molecule has 0 spiro atoms. The average Bonchev–Trinajstić information content (AvgIpc) is 2.85. The Labute approximate surface area is 132 Å². The molecule has 4 heteroatoms. The second-order valence-corrected chi connectivity index (χ2v) is 7.70. The molecule has 2 aromatic rings. The predicted molar refractivity (Wildman–Crippen MR) is 89.1 cm³/mol. The normalized spacial score (nSPS) is 12.8. The smallest absolute Gasteiger partial charge is 0.149 e. The Balaban J connectivity index is 2.21. The lowest BCUT2D eigenvalue weighted by Gasteiger charge is -2.16. The van der Waals surface area contributed by atoms with Crippen molar-refractivity contribution in [1.29, 1.82) is 5.26 Å².